The molecule has 0 aliphatic rings. The first kappa shape index (κ1) is 23.4. The van der Waals surface area contributed by atoms with Gasteiger partial charge in [0.25, 0.3) is 5.91 Å². The third-order valence-corrected chi connectivity index (χ3v) is 6.54. The van der Waals surface area contributed by atoms with Crippen molar-refractivity contribution in [1.82, 2.24) is 9.62 Å². The molecule has 2 rings (SSSR count). The van der Waals surface area contributed by atoms with Crippen molar-refractivity contribution in [1.29, 1.82) is 0 Å². The molecule has 162 valence electrons. The summed E-state index contributed by atoms with van der Waals surface area (Å²) in [4.78, 5) is 24.5. The Hall–Kier alpha value is -2.91. The Labute approximate surface area is 177 Å². The maximum atomic E-state index is 12.7. The van der Waals surface area contributed by atoms with Gasteiger partial charge in [-0.15, -0.1) is 0 Å². The number of anilines is 1. The predicted octanol–water partition coefficient (Wildman–Crippen LogP) is 2.57. The van der Waals surface area contributed by atoms with Crippen LogP contribution in [-0.2, 0) is 14.8 Å². The van der Waals surface area contributed by atoms with Crippen LogP contribution in [0.15, 0.2) is 53.4 Å². The van der Waals surface area contributed by atoms with Gasteiger partial charge in [0.1, 0.15) is 5.75 Å². The summed E-state index contributed by atoms with van der Waals surface area (Å²) in [7, 11) is -3.73. The highest BCUT2D eigenvalue weighted by atomic mass is 32.2. The molecule has 1 atom stereocenters. The zero-order valence-electron chi connectivity index (χ0n) is 17.3. The molecular formula is C21H27N3O5S. The molecule has 2 amide bonds. The fourth-order valence-electron chi connectivity index (χ4n) is 2.92. The van der Waals surface area contributed by atoms with E-state index in [1.807, 2.05) is 0 Å². The molecule has 0 aromatic heterocycles. The van der Waals surface area contributed by atoms with Crippen molar-refractivity contribution in [3.05, 3.63) is 54.1 Å². The summed E-state index contributed by atoms with van der Waals surface area (Å²) in [5.74, 6) is -1.02. The van der Waals surface area contributed by atoms with Gasteiger partial charge in [0, 0.05) is 31.1 Å². The molecule has 8 nitrogen and oxygen atoms in total. The minimum Gasteiger partial charge on any atom is -0.506 e. The van der Waals surface area contributed by atoms with Crippen molar-refractivity contribution in [2.75, 3.05) is 18.4 Å². The van der Waals surface area contributed by atoms with Crippen molar-refractivity contribution in [2.24, 2.45) is 0 Å². The number of rotatable bonds is 9. The van der Waals surface area contributed by atoms with Gasteiger partial charge in [-0.3, -0.25) is 9.59 Å². The molecule has 9 heteroatoms. The lowest BCUT2D eigenvalue weighted by molar-refractivity contribution is -0.116. The standard InChI is InChI=1S/C21H27N3O5S/c1-4-24(5-2)30(28,29)17-11-12-19(25)18(14-17)23-20(26)13-15(3)22-21(27)16-9-7-6-8-10-16/h6-12,14-15,25H,4-5,13H2,1-3H3,(H,22,27)(H,23,26)/t15-/m1/s1. The molecule has 0 heterocycles. The molecule has 3 N–H and O–H groups in total. The van der Waals surface area contributed by atoms with Crippen molar-refractivity contribution in [2.45, 2.75) is 38.1 Å². The van der Waals surface area contributed by atoms with Crippen LogP contribution in [0.5, 0.6) is 5.75 Å². The maximum Gasteiger partial charge on any atom is 0.251 e. The number of carbonyl (C=O) groups is 2. The average molecular weight is 434 g/mol. The number of nitrogens with one attached hydrogen (secondary N) is 2. The molecule has 0 aliphatic heterocycles. The van der Waals surface area contributed by atoms with Gasteiger partial charge >= 0.3 is 0 Å². The van der Waals surface area contributed by atoms with Gasteiger partial charge in [0.2, 0.25) is 15.9 Å². The Kier molecular flexibility index (Phi) is 7.96. The van der Waals surface area contributed by atoms with Crippen LogP contribution in [0.25, 0.3) is 0 Å². The van der Waals surface area contributed by atoms with Crippen LogP contribution in [0.3, 0.4) is 0 Å². The third kappa shape index (κ3) is 5.80. The molecule has 0 saturated carbocycles. The van der Waals surface area contributed by atoms with Crippen molar-refractivity contribution < 1.29 is 23.1 Å². The highest BCUT2D eigenvalue weighted by Crippen LogP contribution is 2.28. The summed E-state index contributed by atoms with van der Waals surface area (Å²) in [6.45, 7) is 5.76. The summed E-state index contributed by atoms with van der Waals surface area (Å²) in [6, 6.07) is 11.9. The van der Waals surface area contributed by atoms with Crippen LogP contribution in [-0.4, -0.2) is 48.8 Å². The van der Waals surface area contributed by atoms with E-state index >= 15 is 0 Å². The number of aromatic hydroxyl groups is 1. The van der Waals surface area contributed by atoms with Gasteiger partial charge in [-0.2, -0.15) is 4.31 Å². The van der Waals surface area contributed by atoms with E-state index in [-0.39, 0.29) is 28.7 Å². The minimum absolute atomic E-state index is 0.00480. The maximum absolute atomic E-state index is 12.7. The van der Waals surface area contributed by atoms with E-state index in [1.165, 1.54) is 22.5 Å². The van der Waals surface area contributed by atoms with E-state index in [4.69, 9.17) is 0 Å². The topological polar surface area (TPSA) is 116 Å². The number of hydrogen-bond acceptors (Lipinski definition) is 5. The smallest absolute Gasteiger partial charge is 0.251 e. The molecule has 0 bridgehead atoms. The van der Waals surface area contributed by atoms with Gasteiger partial charge in [0.05, 0.1) is 10.6 Å². The molecule has 0 radical (unpaired) electrons. The Morgan fingerprint density at radius 1 is 1.07 bits per heavy atom. The van der Waals surface area contributed by atoms with Gasteiger partial charge in [-0.1, -0.05) is 32.0 Å². The van der Waals surface area contributed by atoms with Crippen LogP contribution in [0.2, 0.25) is 0 Å². The normalized spacial score (nSPS) is 12.4. The lowest BCUT2D eigenvalue weighted by atomic mass is 10.1. The Morgan fingerprint density at radius 2 is 1.70 bits per heavy atom. The second kappa shape index (κ2) is 10.2. The lowest BCUT2D eigenvalue weighted by Crippen LogP contribution is -2.35. The number of nitrogens with zero attached hydrogens (tertiary/aromatic N) is 1. The number of hydrogen-bond donors (Lipinski definition) is 3. The van der Waals surface area contributed by atoms with Crippen LogP contribution in [0.1, 0.15) is 37.6 Å². The zero-order chi connectivity index (χ0) is 22.3. The van der Waals surface area contributed by atoms with E-state index in [9.17, 15) is 23.1 Å². The quantitative estimate of drug-likeness (QED) is 0.526. The predicted molar refractivity (Wildman–Crippen MR) is 115 cm³/mol. The molecule has 2 aromatic carbocycles. The largest absolute Gasteiger partial charge is 0.506 e. The highest BCUT2D eigenvalue weighted by Gasteiger charge is 2.23. The molecular weight excluding hydrogens is 406 g/mol. The van der Waals surface area contributed by atoms with Gasteiger partial charge in [0.15, 0.2) is 0 Å². The first-order valence-electron chi connectivity index (χ1n) is 9.68. The van der Waals surface area contributed by atoms with Crippen LogP contribution in [0.4, 0.5) is 5.69 Å². The second-order valence-electron chi connectivity index (χ2n) is 6.76. The van der Waals surface area contributed by atoms with Crippen molar-refractivity contribution in [3.8, 4) is 5.75 Å². The highest BCUT2D eigenvalue weighted by molar-refractivity contribution is 7.89. The molecule has 30 heavy (non-hydrogen) atoms. The van der Waals surface area contributed by atoms with E-state index in [0.29, 0.717) is 18.7 Å². The monoisotopic (exact) mass is 433 g/mol. The van der Waals surface area contributed by atoms with E-state index < -0.39 is 22.0 Å². The number of phenols is 1. The summed E-state index contributed by atoms with van der Waals surface area (Å²) < 4.78 is 26.6. The number of phenolic OH excluding ortho intramolecular Hbond substituents is 1. The third-order valence-electron chi connectivity index (χ3n) is 4.49. The molecule has 0 fully saturated rings. The van der Waals surface area contributed by atoms with Gasteiger partial charge in [-0.05, 0) is 37.3 Å². The summed E-state index contributed by atoms with van der Waals surface area (Å²) in [6.07, 6.45) is -0.0506. The van der Waals surface area contributed by atoms with Crippen molar-refractivity contribution >= 4 is 27.5 Å². The second-order valence-corrected chi connectivity index (χ2v) is 8.70. The fourth-order valence-corrected chi connectivity index (χ4v) is 4.40. The number of amides is 2. The average Bonchev–Trinajstić information content (AvgIpc) is 2.70. The Bertz CT molecular complexity index is 989. The zero-order valence-corrected chi connectivity index (χ0v) is 18.1. The van der Waals surface area contributed by atoms with E-state index in [2.05, 4.69) is 10.6 Å². The molecule has 0 aliphatic carbocycles. The Balaban J connectivity index is 2.07. The van der Waals surface area contributed by atoms with Crippen LogP contribution >= 0.6 is 0 Å². The number of sulfonamides is 1. The molecule has 2 aromatic rings. The minimum atomic E-state index is -3.73. The first-order valence-corrected chi connectivity index (χ1v) is 11.1. The fraction of sp³-hybridized carbons (Fsp3) is 0.333. The van der Waals surface area contributed by atoms with Gasteiger partial charge in [-0.25, -0.2) is 8.42 Å². The molecule has 0 spiro atoms. The lowest BCUT2D eigenvalue weighted by Gasteiger charge is -2.19. The molecule has 0 saturated heterocycles. The summed E-state index contributed by atoms with van der Waals surface area (Å²) in [5.41, 5.74) is 0.478. The summed E-state index contributed by atoms with van der Waals surface area (Å²) >= 11 is 0. The number of benzene rings is 2. The summed E-state index contributed by atoms with van der Waals surface area (Å²) in [5, 5.41) is 15.3. The Morgan fingerprint density at radius 3 is 2.30 bits per heavy atom. The number of carbonyl (C=O) groups excluding carboxylic acids is 2. The SMILES string of the molecule is CCN(CC)S(=O)(=O)c1ccc(O)c(NC(=O)C[C@@H](C)NC(=O)c2ccccc2)c1. The van der Waals surface area contributed by atoms with Crippen LogP contribution in [0, 0.1) is 0 Å². The first-order chi connectivity index (χ1) is 14.2. The molecule has 0 unspecified atom stereocenters. The van der Waals surface area contributed by atoms with E-state index in [0.717, 1.165) is 0 Å². The van der Waals surface area contributed by atoms with Crippen molar-refractivity contribution in [3.63, 3.8) is 0 Å². The van der Waals surface area contributed by atoms with Crippen LogP contribution < -0.4 is 10.6 Å². The van der Waals surface area contributed by atoms with Gasteiger partial charge < -0.3 is 15.7 Å². The van der Waals surface area contributed by atoms with E-state index in [1.54, 1.807) is 51.1 Å².